The molecular formula is C14H15N3O2. The molecule has 0 unspecified atom stereocenters. The second kappa shape index (κ2) is 5.06. The van der Waals surface area contributed by atoms with Crippen molar-refractivity contribution in [1.82, 2.24) is 14.7 Å². The summed E-state index contributed by atoms with van der Waals surface area (Å²) in [5, 5.41) is 4.18. The highest BCUT2D eigenvalue weighted by atomic mass is 16.2. The Morgan fingerprint density at radius 3 is 2.42 bits per heavy atom. The molecule has 0 spiro atoms. The highest BCUT2D eigenvalue weighted by molar-refractivity contribution is 5.91. The van der Waals surface area contributed by atoms with Crippen LogP contribution in [-0.4, -0.2) is 34.7 Å². The van der Waals surface area contributed by atoms with Gasteiger partial charge in [0.2, 0.25) is 5.43 Å². The summed E-state index contributed by atoms with van der Waals surface area (Å²) in [7, 11) is 3.19. The van der Waals surface area contributed by atoms with Gasteiger partial charge in [0.05, 0.1) is 5.69 Å². The Morgan fingerprint density at radius 2 is 1.84 bits per heavy atom. The minimum atomic E-state index is -0.394. The molecule has 0 aliphatic heterocycles. The van der Waals surface area contributed by atoms with Crippen LogP contribution in [0.4, 0.5) is 0 Å². The molecule has 1 amide bonds. The second-order valence-corrected chi connectivity index (χ2v) is 4.45. The summed E-state index contributed by atoms with van der Waals surface area (Å²) >= 11 is 0. The number of rotatable bonds is 2. The maximum Gasteiger partial charge on any atom is 0.277 e. The topological polar surface area (TPSA) is 55.2 Å². The standard InChI is InChI=1S/C14H15N3O2/c1-10-9-12(18)13(14(19)16(2)3)15-17(10)11-7-5-4-6-8-11/h4-9H,1-3H3. The Balaban J connectivity index is 2.61. The van der Waals surface area contributed by atoms with E-state index in [1.165, 1.54) is 11.0 Å². The minimum Gasteiger partial charge on any atom is -0.343 e. The van der Waals surface area contributed by atoms with Gasteiger partial charge in [-0.1, -0.05) is 18.2 Å². The molecule has 0 saturated carbocycles. The number of para-hydroxylation sites is 1. The Morgan fingerprint density at radius 1 is 1.21 bits per heavy atom. The number of hydrogen-bond acceptors (Lipinski definition) is 3. The molecule has 98 valence electrons. The van der Waals surface area contributed by atoms with E-state index < -0.39 is 5.91 Å². The molecule has 0 N–H and O–H groups in total. The molecule has 2 aromatic rings. The van der Waals surface area contributed by atoms with Gasteiger partial charge in [0, 0.05) is 25.9 Å². The number of hydrogen-bond donors (Lipinski definition) is 0. The first kappa shape index (κ1) is 13.0. The Bertz CT molecular complexity index is 660. The highest BCUT2D eigenvalue weighted by Crippen LogP contribution is 2.08. The number of carbonyl (C=O) groups excluding carboxylic acids is 1. The van der Waals surface area contributed by atoms with Crippen LogP contribution in [0.5, 0.6) is 0 Å². The highest BCUT2D eigenvalue weighted by Gasteiger charge is 2.16. The van der Waals surface area contributed by atoms with E-state index in [1.54, 1.807) is 25.7 Å². The van der Waals surface area contributed by atoms with Gasteiger partial charge in [-0.2, -0.15) is 5.10 Å². The Labute approximate surface area is 111 Å². The fourth-order valence-corrected chi connectivity index (χ4v) is 1.74. The summed E-state index contributed by atoms with van der Waals surface area (Å²) in [5.74, 6) is -0.394. The second-order valence-electron chi connectivity index (χ2n) is 4.45. The van der Waals surface area contributed by atoms with E-state index in [2.05, 4.69) is 5.10 Å². The van der Waals surface area contributed by atoms with E-state index in [-0.39, 0.29) is 11.1 Å². The average Bonchev–Trinajstić information content (AvgIpc) is 2.39. The summed E-state index contributed by atoms with van der Waals surface area (Å²) in [6.45, 7) is 1.78. The third-order valence-corrected chi connectivity index (χ3v) is 2.72. The number of carbonyl (C=O) groups is 1. The van der Waals surface area contributed by atoms with Crippen molar-refractivity contribution in [3.63, 3.8) is 0 Å². The molecule has 5 heteroatoms. The van der Waals surface area contributed by atoms with Crippen molar-refractivity contribution in [3.05, 3.63) is 58.0 Å². The Kier molecular flexibility index (Phi) is 3.46. The fraction of sp³-hybridized carbons (Fsp3) is 0.214. The molecular weight excluding hydrogens is 242 g/mol. The molecule has 19 heavy (non-hydrogen) atoms. The van der Waals surface area contributed by atoms with Crippen LogP contribution >= 0.6 is 0 Å². The molecule has 2 rings (SSSR count). The van der Waals surface area contributed by atoms with Gasteiger partial charge in [-0.3, -0.25) is 9.59 Å². The van der Waals surface area contributed by atoms with Crippen LogP contribution in [0.1, 0.15) is 16.2 Å². The van der Waals surface area contributed by atoms with Gasteiger partial charge in [0.1, 0.15) is 0 Å². The van der Waals surface area contributed by atoms with Gasteiger partial charge in [0.15, 0.2) is 5.69 Å². The summed E-state index contributed by atoms with van der Waals surface area (Å²) in [6, 6.07) is 10.8. The van der Waals surface area contributed by atoms with Gasteiger partial charge >= 0.3 is 0 Å². The van der Waals surface area contributed by atoms with Crippen molar-refractivity contribution in [2.45, 2.75) is 6.92 Å². The Hall–Kier alpha value is -2.43. The van der Waals surface area contributed by atoms with E-state index in [0.29, 0.717) is 5.69 Å². The zero-order valence-corrected chi connectivity index (χ0v) is 11.1. The molecule has 0 bridgehead atoms. The van der Waals surface area contributed by atoms with Crippen molar-refractivity contribution in [1.29, 1.82) is 0 Å². The zero-order chi connectivity index (χ0) is 14.0. The molecule has 0 radical (unpaired) electrons. The molecule has 0 aliphatic rings. The van der Waals surface area contributed by atoms with Crippen molar-refractivity contribution in [3.8, 4) is 5.69 Å². The summed E-state index contributed by atoms with van der Waals surface area (Å²) in [4.78, 5) is 25.1. The van der Waals surface area contributed by atoms with E-state index in [9.17, 15) is 9.59 Å². The molecule has 1 aromatic heterocycles. The largest absolute Gasteiger partial charge is 0.343 e. The number of aromatic nitrogens is 2. The first-order valence-electron chi connectivity index (χ1n) is 5.89. The van der Waals surface area contributed by atoms with Gasteiger partial charge in [-0.05, 0) is 19.1 Å². The van der Waals surface area contributed by atoms with Crippen LogP contribution in [0, 0.1) is 6.92 Å². The molecule has 0 atom stereocenters. The van der Waals surface area contributed by atoms with Crippen LogP contribution in [0.3, 0.4) is 0 Å². The lowest BCUT2D eigenvalue weighted by atomic mass is 10.2. The summed E-state index contributed by atoms with van der Waals surface area (Å²) in [5.41, 5.74) is 1.07. The van der Waals surface area contributed by atoms with E-state index >= 15 is 0 Å². The first-order chi connectivity index (χ1) is 9.00. The van der Waals surface area contributed by atoms with Crippen LogP contribution in [0.15, 0.2) is 41.2 Å². The smallest absolute Gasteiger partial charge is 0.277 e. The third-order valence-electron chi connectivity index (χ3n) is 2.72. The first-order valence-corrected chi connectivity index (χ1v) is 5.89. The lowest BCUT2D eigenvalue weighted by molar-refractivity contribution is 0.0818. The van der Waals surface area contributed by atoms with Gasteiger partial charge in [-0.15, -0.1) is 0 Å². The number of benzene rings is 1. The summed E-state index contributed by atoms with van der Waals surface area (Å²) in [6.07, 6.45) is 0. The van der Waals surface area contributed by atoms with Crippen LogP contribution in [0.25, 0.3) is 5.69 Å². The number of amides is 1. The molecule has 5 nitrogen and oxygen atoms in total. The normalized spacial score (nSPS) is 10.3. The van der Waals surface area contributed by atoms with Crippen molar-refractivity contribution < 1.29 is 4.79 Å². The predicted octanol–water partition coefficient (Wildman–Crippen LogP) is 1.24. The monoisotopic (exact) mass is 257 g/mol. The van der Waals surface area contributed by atoms with Gasteiger partial charge in [0.25, 0.3) is 5.91 Å². The van der Waals surface area contributed by atoms with Crippen molar-refractivity contribution >= 4 is 5.91 Å². The molecule has 0 aliphatic carbocycles. The minimum absolute atomic E-state index is 0.0700. The third kappa shape index (κ3) is 2.54. The van der Waals surface area contributed by atoms with Gasteiger partial charge < -0.3 is 4.90 Å². The maximum absolute atomic E-state index is 11.9. The summed E-state index contributed by atoms with van der Waals surface area (Å²) < 4.78 is 1.60. The lowest BCUT2D eigenvalue weighted by Gasteiger charge is -2.13. The van der Waals surface area contributed by atoms with E-state index in [1.807, 2.05) is 30.3 Å². The van der Waals surface area contributed by atoms with Gasteiger partial charge in [-0.25, -0.2) is 4.68 Å². The quantitative estimate of drug-likeness (QED) is 0.813. The van der Waals surface area contributed by atoms with E-state index in [4.69, 9.17) is 0 Å². The predicted molar refractivity (Wildman–Crippen MR) is 72.6 cm³/mol. The van der Waals surface area contributed by atoms with Crippen LogP contribution in [-0.2, 0) is 0 Å². The molecule has 0 saturated heterocycles. The van der Waals surface area contributed by atoms with Crippen LogP contribution < -0.4 is 5.43 Å². The lowest BCUT2D eigenvalue weighted by Crippen LogP contribution is -2.31. The SMILES string of the molecule is Cc1cc(=O)c(C(=O)N(C)C)nn1-c1ccccc1. The maximum atomic E-state index is 11.9. The fourth-order valence-electron chi connectivity index (χ4n) is 1.74. The molecule has 1 heterocycles. The molecule has 1 aromatic carbocycles. The van der Waals surface area contributed by atoms with Crippen molar-refractivity contribution in [2.75, 3.05) is 14.1 Å². The van der Waals surface area contributed by atoms with Crippen molar-refractivity contribution in [2.24, 2.45) is 0 Å². The number of nitrogens with zero attached hydrogens (tertiary/aromatic N) is 3. The number of aryl methyl sites for hydroxylation is 1. The van der Waals surface area contributed by atoms with E-state index in [0.717, 1.165) is 5.69 Å². The van der Waals surface area contributed by atoms with Crippen LogP contribution in [0.2, 0.25) is 0 Å². The average molecular weight is 257 g/mol. The molecule has 0 fully saturated rings. The zero-order valence-electron chi connectivity index (χ0n) is 11.1.